The molecule has 3 aromatic rings. The third-order valence-electron chi connectivity index (χ3n) is 3.89. The van der Waals surface area contributed by atoms with Crippen molar-refractivity contribution in [3.63, 3.8) is 0 Å². The first-order valence-electron chi connectivity index (χ1n) is 8.12. The van der Waals surface area contributed by atoms with Crippen molar-refractivity contribution in [1.82, 2.24) is 5.16 Å². The van der Waals surface area contributed by atoms with E-state index in [0.717, 1.165) is 5.69 Å². The molecule has 1 amide bonds. The van der Waals surface area contributed by atoms with Crippen LogP contribution in [0.3, 0.4) is 0 Å². The molecule has 0 fully saturated rings. The second kappa shape index (κ2) is 7.30. The SMILES string of the molecule is CC(C)c1ccc(NC(=O)Cc2cc(-c3ccc(F)cc3)on2)cc1. The molecular weight excluding hydrogens is 319 g/mol. The minimum atomic E-state index is -0.314. The van der Waals surface area contributed by atoms with E-state index in [4.69, 9.17) is 4.52 Å². The fraction of sp³-hybridized carbons (Fsp3) is 0.200. The summed E-state index contributed by atoms with van der Waals surface area (Å²) >= 11 is 0. The van der Waals surface area contributed by atoms with Crippen molar-refractivity contribution in [1.29, 1.82) is 0 Å². The topological polar surface area (TPSA) is 55.1 Å². The Kier molecular flexibility index (Phi) is 4.93. The summed E-state index contributed by atoms with van der Waals surface area (Å²) in [5.74, 6) is 0.469. The van der Waals surface area contributed by atoms with E-state index in [1.807, 2.05) is 24.3 Å². The molecule has 128 valence electrons. The minimum Gasteiger partial charge on any atom is -0.356 e. The summed E-state index contributed by atoms with van der Waals surface area (Å²) in [5, 5.41) is 6.75. The highest BCUT2D eigenvalue weighted by Crippen LogP contribution is 2.21. The molecule has 1 N–H and O–H groups in total. The molecule has 0 saturated carbocycles. The van der Waals surface area contributed by atoms with Gasteiger partial charge in [0.05, 0.1) is 12.1 Å². The molecule has 3 rings (SSSR count). The van der Waals surface area contributed by atoms with Crippen LogP contribution in [0.5, 0.6) is 0 Å². The Morgan fingerprint density at radius 3 is 2.44 bits per heavy atom. The zero-order valence-electron chi connectivity index (χ0n) is 14.1. The number of anilines is 1. The van der Waals surface area contributed by atoms with Gasteiger partial charge in [-0.1, -0.05) is 31.1 Å². The van der Waals surface area contributed by atoms with Crippen molar-refractivity contribution in [2.45, 2.75) is 26.2 Å². The van der Waals surface area contributed by atoms with Crippen LogP contribution in [0.1, 0.15) is 31.0 Å². The molecule has 1 aromatic heterocycles. The molecule has 0 aliphatic carbocycles. The highest BCUT2D eigenvalue weighted by Gasteiger charge is 2.11. The fourth-order valence-electron chi connectivity index (χ4n) is 2.47. The number of rotatable bonds is 5. The predicted molar refractivity (Wildman–Crippen MR) is 94.8 cm³/mol. The maximum atomic E-state index is 13.0. The van der Waals surface area contributed by atoms with Crippen LogP contribution in [0, 0.1) is 5.82 Å². The van der Waals surface area contributed by atoms with Crippen LogP contribution in [0.25, 0.3) is 11.3 Å². The van der Waals surface area contributed by atoms with Gasteiger partial charge in [-0.15, -0.1) is 0 Å². The van der Waals surface area contributed by atoms with Gasteiger partial charge < -0.3 is 9.84 Å². The summed E-state index contributed by atoms with van der Waals surface area (Å²) < 4.78 is 18.2. The Balaban J connectivity index is 1.62. The third-order valence-corrected chi connectivity index (χ3v) is 3.89. The van der Waals surface area contributed by atoms with Crippen LogP contribution in [0.2, 0.25) is 0 Å². The molecule has 0 atom stereocenters. The Morgan fingerprint density at radius 2 is 1.80 bits per heavy atom. The predicted octanol–water partition coefficient (Wildman–Crippen LogP) is 4.79. The molecule has 0 spiro atoms. The van der Waals surface area contributed by atoms with Gasteiger partial charge in [-0.2, -0.15) is 0 Å². The van der Waals surface area contributed by atoms with E-state index in [1.165, 1.54) is 17.7 Å². The van der Waals surface area contributed by atoms with Crippen molar-refractivity contribution in [2.24, 2.45) is 0 Å². The molecule has 25 heavy (non-hydrogen) atoms. The molecule has 4 nitrogen and oxygen atoms in total. The maximum Gasteiger partial charge on any atom is 0.230 e. The summed E-state index contributed by atoms with van der Waals surface area (Å²) in [5.41, 5.74) is 3.20. The van der Waals surface area contributed by atoms with Gasteiger partial charge in [0.15, 0.2) is 5.76 Å². The smallest absolute Gasteiger partial charge is 0.230 e. The van der Waals surface area contributed by atoms with Crippen LogP contribution >= 0.6 is 0 Å². The van der Waals surface area contributed by atoms with E-state index in [-0.39, 0.29) is 18.1 Å². The van der Waals surface area contributed by atoms with E-state index in [1.54, 1.807) is 18.2 Å². The van der Waals surface area contributed by atoms with Gasteiger partial charge in [0, 0.05) is 17.3 Å². The van der Waals surface area contributed by atoms with Gasteiger partial charge >= 0.3 is 0 Å². The van der Waals surface area contributed by atoms with E-state index >= 15 is 0 Å². The van der Waals surface area contributed by atoms with E-state index < -0.39 is 0 Å². The number of halogens is 1. The number of hydrogen-bond acceptors (Lipinski definition) is 3. The number of amides is 1. The lowest BCUT2D eigenvalue weighted by atomic mass is 10.0. The Hall–Kier alpha value is -2.95. The molecule has 0 aliphatic heterocycles. The number of carbonyl (C=O) groups is 1. The number of nitrogens with one attached hydrogen (secondary N) is 1. The Morgan fingerprint density at radius 1 is 1.12 bits per heavy atom. The minimum absolute atomic E-state index is 0.108. The Bertz CT molecular complexity index is 852. The highest BCUT2D eigenvalue weighted by atomic mass is 19.1. The van der Waals surface area contributed by atoms with Gasteiger partial charge in [-0.25, -0.2) is 4.39 Å². The first-order chi connectivity index (χ1) is 12.0. The van der Waals surface area contributed by atoms with Crippen molar-refractivity contribution >= 4 is 11.6 Å². The summed E-state index contributed by atoms with van der Waals surface area (Å²) in [7, 11) is 0. The standard InChI is InChI=1S/C20H19FN2O2/c1-13(2)14-5-9-17(10-6-14)22-20(24)12-18-11-19(25-23-18)15-3-7-16(21)8-4-15/h3-11,13H,12H2,1-2H3,(H,22,24). The van der Waals surface area contributed by atoms with E-state index in [9.17, 15) is 9.18 Å². The van der Waals surface area contributed by atoms with Crippen LogP contribution in [0.4, 0.5) is 10.1 Å². The van der Waals surface area contributed by atoms with Gasteiger partial charge in [0.2, 0.25) is 5.91 Å². The molecule has 5 heteroatoms. The molecule has 0 radical (unpaired) electrons. The quantitative estimate of drug-likeness (QED) is 0.728. The average molecular weight is 338 g/mol. The van der Waals surface area contributed by atoms with Gasteiger partial charge in [-0.3, -0.25) is 4.79 Å². The second-order valence-electron chi connectivity index (χ2n) is 6.19. The number of benzene rings is 2. The Labute approximate surface area is 145 Å². The maximum absolute atomic E-state index is 13.0. The third kappa shape index (κ3) is 4.32. The van der Waals surface area contributed by atoms with Crippen LogP contribution in [-0.2, 0) is 11.2 Å². The zero-order valence-corrected chi connectivity index (χ0v) is 14.1. The zero-order chi connectivity index (χ0) is 17.8. The first kappa shape index (κ1) is 16.9. The fourth-order valence-corrected chi connectivity index (χ4v) is 2.47. The lowest BCUT2D eigenvalue weighted by Crippen LogP contribution is -2.14. The van der Waals surface area contributed by atoms with Crippen LogP contribution < -0.4 is 5.32 Å². The molecule has 0 bridgehead atoms. The van der Waals surface area contributed by atoms with Crippen molar-refractivity contribution < 1.29 is 13.7 Å². The van der Waals surface area contributed by atoms with Gasteiger partial charge in [0.25, 0.3) is 0 Å². The molecule has 1 heterocycles. The second-order valence-corrected chi connectivity index (χ2v) is 6.19. The van der Waals surface area contributed by atoms with E-state index in [2.05, 4.69) is 24.3 Å². The largest absolute Gasteiger partial charge is 0.356 e. The summed E-state index contributed by atoms with van der Waals surface area (Å²) in [6.45, 7) is 4.24. The summed E-state index contributed by atoms with van der Waals surface area (Å²) in [6, 6.07) is 15.4. The number of carbonyl (C=O) groups excluding carboxylic acids is 1. The van der Waals surface area contributed by atoms with Crippen LogP contribution in [0.15, 0.2) is 59.1 Å². The molecule has 0 saturated heterocycles. The molecular formula is C20H19FN2O2. The highest BCUT2D eigenvalue weighted by molar-refractivity contribution is 5.92. The monoisotopic (exact) mass is 338 g/mol. The van der Waals surface area contributed by atoms with Crippen molar-refractivity contribution in [3.8, 4) is 11.3 Å². The summed E-state index contributed by atoms with van der Waals surface area (Å²) in [4.78, 5) is 12.1. The molecule has 0 aliphatic rings. The van der Waals surface area contributed by atoms with Crippen molar-refractivity contribution in [2.75, 3.05) is 5.32 Å². The average Bonchev–Trinajstić information content (AvgIpc) is 3.04. The van der Waals surface area contributed by atoms with Crippen molar-refractivity contribution in [3.05, 3.63) is 71.7 Å². The lowest BCUT2D eigenvalue weighted by Gasteiger charge is -2.07. The molecule has 2 aromatic carbocycles. The number of nitrogens with zero attached hydrogens (tertiary/aromatic N) is 1. The number of aromatic nitrogens is 1. The first-order valence-corrected chi connectivity index (χ1v) is 8.12. The number of hydrogen-bond donors (Lipinski definition) is 1. The normalized spacial score (nSPS) is 10.9. The summed E-state index contributed by atoms with van der Waals surface area (Å²) in [6.07, 6.45) is 0.108. The van der Waals surface area contributed by atoms with Crippen LogP contribution in [-0.4, -0.2) is 11.1 Å². The lowest BCUT2D eigenvalue weighted by molar-refractivity contribution is -0.115. The van der Waals surface area contributed by atoms with Gasteiger partial charge in [-0.05, 0) is 47.9 Å². The molecule has 0 unspecified atom stereocenters. The van der Waals surface area contributed by atoms with E-state index in [0.29, 0.717) is 22.9 Å². The van der Waals surface area contributed by atoms with Gasteiger partial charge in [0.1, 0.15) is 5.82 Å².